The maximum Gasteiger partial charge on any atom is 0.494 e. The van der Waals surface area contributed by atoms with Crippen molar-refractivity contribution >= 4 is 18.6 Å². The smallest absolute Gasteiger partial charge is 0.494 e. The average molecular weight is 525 g/mol. The Balaban J connectivity index is 0.00000195. The van der Waals surface area contributed by atoms with Crippen molar-refractivity contribution in [2.24, 2.45) is 0 Å². The average Bonchev–Trinajstić information content (AvgIpc) is 3.14. The number of carbonyl (C=O) groups excluding carboxylic acids is 1. The summed E-state index contributed by atoms with van der Waals surface area (Å²) in [7, 11) is 0.694. The lowest BCUT2D eigenvalue weighted by molar-refractivity contribution is 0.00578. The molecule has 9 heteroatoms. The van der Waals surface area contributed by atoms with Crippen molar-refractivity contribution in [2.75, 3.05) is 7.11 Å². The molecule has 0 N–H and O–H groups in total. The number of hydrogen-bond acceptors (Lipinski definition) is 6. The van der Waals surface area contributed by atoms with Crippen LogP contribution in [0.1, 0.15) is 69.6 Å². The first-order valence-electron chi connectivity index (χ1n) is 12.6. The van der Waals surface area contributed by atoms with Gasteiger partial charge in [-0.05, 0) is 56.4 Å². The third-order valence-corrected chi connectivity index (χ3v) is 6.62. The van der Waals surface area contributed by atoms with Gasteiger partial charge >= 0.3 is 13.1 Å². The summed E-state index contributed by atoms with van der Waals surface area (Å²) >= 11 is 0. The second-order valence-corrected chi connectivity index (χ2v) is 9.57. The van der Waals surface area contributed by atoms with Gasteiger partial charge in [0.25, 0.3) is 6.43 Å². The lowest BCUT2D eigenvalue weighted by Gasteiger charge is -2.32. The van der Waals surface area contributed by atoms with E-state index >= 15 is 0 Å². The molecule has 2 heterocycles. The number of rotatable bonds is 7. The highest BCUT2D eigenvalue weighted by molar-refractivity contribution is 6.62. The van der Waals surface area contributed by atoms with Crippen LogP contribution in [-0.4, -0.2) is 36.4 Å². The lowest BCUT2D eigenvalue weighted by Crippen LogP contribution is -2.41. The highest BCUT2D eigenvalue weighted by Gasteiger charge is 2.51. The van der Waals surface area contributed by atoms with Gasteiger partial charge in [-0.1, -0.05) is 56.3 Å². The molecule has 38 heavy (non-hydrogen) atoms. The second kappa shape index (κ2) is 12.0. The molecule has 0 aliphatic carbocycles. The fourth-order valence-corrected chi connectivity index (χ4v) is 3.84. The van der Waals surface area contributed by atoms with Gasteiger partial charge in [0.2, 0.25) is 0 Å². The molecule has 3 aromatic rings. The number of carbonyl (C=O) groups is 1. The molecular formula is C29H34BF2NO5. The van der Waals surface area contributed by atoms with Crippen molar-refractivity contribution < 1.29 is 32.4 Å². The van der Waals surface area contributed by atoms with Crippen molar-refractivity contribution in [2.45, 2.75) is 65.8 Å². The molecule has 1 saturated heterocycles. The van der Waals surface area contributed by atoms with Gasteiger partial charge in [0, 0.05) is 5.56 Å². The van der Waals surface area contributed by atoms with Crippen molar-refractivity contribution in [3.05, 3.63) is 77.6 Å². The number of nitrogens with zero attached hydrogens (tertiary/aromatic N) is 1. The molecule has 0 radical (unpaired) electrons. The summed E-state index contributed by atoms with van der Waals surface area (Å²) in [5, 5.41) is 0. The number of benzene rings is 2. The number of alkyl halides is 2. The highest BCUT2D eigenvalue weighted by Crippen LogP contribution is 2.38. The predicted molar refractivity (Wildman–Crippen MR) is 144 cm³/mol. The van der Waals surface area contributed by atoms with Crippen LogP contribution < -0.4 is 10.2 Å². The summed E-state index contributed by atoms with van der Waals surface area (Å²) in [5.41, 5.74) is 0.675. The van der Waals surface area contributed by atoms with Gasteiger partial charge in [-0.15, -0.1) is 0 Å². The molecule has 6 nitrogen and oxygen atoms in total. The summed E-state index contributed by atoms with van der Waals surface area (Å²) < 4.78 is 50.3. The maximum absolute atomic E-state index is 13.5. The summed E-state index contributed by atoms with van der Waals surface area (Å²) in [6.07, 6.45) is -1.58. The van der Waals surface area contributed by atoms with Gasteiger partial charge in [0.05, 0.1) is 30.1 Å². The molecular weight excluding hydrogens is 491 g/mol. The summed E-state index contributed by atoms with van der Waals surface area (Å²) in [5.74, 6) is -0.366. The fourth-order valence-electron chi connectivity index (χ4n) is 3.84. The van der Waals surface area contributed by atoms with Crippen LogP contribution in [-0.2, 0) is 20.7 Å². The molecule has 1 fully saturated rings. The summed E-state index contributed by atoms with van der Waals surface area (Å²) in [6, 6.07) is 15.5. The van der Waals surface area contributed by atoms with E-state index in [4.69, 9.17) is 18.8 Å². The lowest BCUT2D eigenvalue weighted by atomic mass is 9.77. The van der Waals surface area contributed by atoms with Gasteiger partial charge < -0.3 is 18.8 Å². The largest absolute Gasteiger partial charge is 0.494 e. The van der Waals surface area contributed by atoms with E-state index in [1.165, 1.54) is 19.4 Å². The third kappa shape index (κ3) is 6.22. The minimum Gasteiger partial charge on any atom is -0.494 e. The van der Waals surface area contributed by atoms with Crippen molar-refractivity contribution in [3.63, 3.8) is 0 Å². The van der Waals surface area contributed by atoms with Crippen LogP contribution >= 0.6 is 0 Å². The first kappa shape index (κ1) is 29.3. The van der Waals surface area contributed by atoms with Crippen LogP contribution in [0.3, 0.4) is 0 Å². The van der Waals surface area contributed by atoms with E-state index in [1.807, 2.05) is 71.9 Å². The topological polar surface area (TPSA) is 66.9 Å². The van der Waals surface area contributed by atoms with Crippen LogP contribution in [0.5, 0.6) is 5.75 Å². The fraction of sp³-hybridized carbons (Fsp3) is 0.379. The Kier molecular flexibility index (Phi) is 9.28. The zero-order valence-corrected chi connectivity index (χ0v) is 22.9. The molecule has 0 amide bonds. The number of methoxy groups -OCH3 is 1. The first-order valence-corrected chi connectivity index (χ1v) is 12.6. The minimum atomic E-state index is -2.80. The molecule has 0 bridgehead atoms. The number of pyridine rings is 1. The van der Waals surface area contributed by atoms with E-state index in [2.05, 4.69) is 4.98 Å². The molecule has 202 valence electrons. The number of esters is 1. The number of halogens is 2. The van der Waals surface area contributed by atoms with E-state index in [1.54, 1.807) is 18.2 Å². The van der Waals surface area contributed by atoms with E-state index in [-0.39, 0.29) is 23.5 Å². The van der Waals surface area contributed by atoms with Crippen LogP contribution in [0.25, 0.3) is 11.1 Å². The zero-order valence-electron chi connectivity index (χ0n) is 22.9. The first-order chi connectivity index (χ1) is 18.0. The normalized spacial score (nSPS) is 15.6. The molecule has 0 unspecified atom stereocenters. The van der Waals surface area contributed by atoms with Crippen LogP contribution in [0.15, 0.2) is 60.8 Å². The van der Waals surface area contributed by atoms with Crippen molar-refractivity contribution in [3.8, 4) is 16.9 Å². The monoisotopic (exact) mass is 525 g/mol. The molecule has 1 aliphatic rings. The SMILES string of the molecule is CC.COc1cnc(C(F)F)cc1-c1cc(B2OC(C)(C)C(C)(C)O2)ccc1C(=O)OCc1ccccc1. The zero-order chi connectivity index (χ0) is 28.1. The van der Waals surface area contributed by atoms with Crippen LogP contribution in [0, 0.1) is 0 Å². The number of hydrogen-bond donors (Lipinski definition) is 0. The molecule has 0 saturated carbocycles. The van der Waals surface area contributed by atoms with E-state index in [0.29, 0.717) is 11.0 Å². The Morgan fingerprint density at radius 1 is 0.974 bits per heavy atom. The van der Waals surface area contributed by atoms with Crippen molar-refractivity contribution in [1.29, 1.82) is 0 Å². The molecule has 1 aliphatic heterocycles. The Morgan fingerprint density at radius 3 is 2.18 bits per heavy atom. The molecule has 0 atom stereocenters. The third-order valence-electron chi connectivity index (χ3n) is 6.62. The Hall–Kier alpha value is -3.30. The van der Waals surface area contributed by atoms with Gasteiger partial charge in [0.15, 0.2) is 0 Å². The summed E-state index contributed by atoms with van der Waals surface area (Å²) in [4.78, 5) is 17.0. The Bertz CT molecular complexity index is 1230. The standard InChI is InChI=1S/C27H28BF2NO5.C2H6/c1-26(2)27(3,4)36-28(35-26)18-11-12-19(25(32)34-16-17-9-7-6-8-10-17)20(13-18)21-14-22(24(29)30)31-15-23(21)33-5;1-2/h6-15,24H,16H2,1-5H3;1-2H3. The van der Waals surface area contributed by atoms with Gasteiger partial charge in [0.1, 0.15) is 18.1 Å². The number of aromatic nitrogens is 1. The Morgan fingerprint density at radius 2 is 1.61 bits per heavy atom. The Labute approximate surface area is 223 Å². The van der Waals surface area contributed by atoms with E-state index in [9.17, 15) is 13.6 Å². The summed E-state index contributed by atoms with van der Waals surface area (Å²) in [6.45, 7) is 11.8. The van der Waals surface area contributed by atoms with E-state index < -0.39 is 36.4 Å². The second-order valence-electron chi connectivity index (χ2n) is 9.57. The quantitative estimate of drug-likeness (QED) is 0.264. The van der Waals surface area contributed by atoms with Gasteiger partial charge in [-0.3, -0.25) is 4.98 Å². The minimum absolute atomic E-state index is 0.0633. The predicted octanol–water partition coefficient (Wildman–Crippen LogP) is 6.38. The van der Waals surface area contributed by atoms with Gasteiger partial charge in [-0.2, -0.15) is 0 Å². The molecule has 0 spiro atoms. The van der Waals surface area contributed by atoms with E-state index in [0.717, 1.165) is 5.56 Å². The molecule has 1 aromatic heterocycles. The van der Waals surface area contributed by atoms with Crippen LogP contribution in [0.2, 0.25) is 0 Å². The van der Waals surface area contributed by atoms with Crippen molar-refractivity contribution in [1.82, 2.24) is 4.98 Å². The highest BCUT2D eigenvalue weighted by atomic mass is 19.3. The number of ether oxygens (including phenoxy) is 2. The molecule has 2 aromatic carbocycles. The maximum atomic E-state index is 13.5. The molecule has 4 rings (SSSR count). The van der Waals surface area contributed by atoms with Crippen LogP contribution in [0.4, 0.5) is 8.78 Å². The van der Waals surface area contributed by atoms with Gasteiger partial charge in [-0.25, -0.2) is 13.6 Å².